The predicted octanol–water partition coefficient (Wildman–Crippen LogP) is 3.27. The molecule has 204 valence electrons. The van der Waals surface area contributed by atoms with E-state index in [0.717, 1.165) is 22.9 Å². The normalized spacial score (nSPS) is 17.0. The molecule has 2 atom stereocenters. The van der Waals surface area contributed by atoms with Crippen molar-refractivity contribution in [2.45, 2.75) is 51.4 Å². The van der Waals surface area contributed by atoms with E-state index >= 15 is 0 Å². The van der Waals surface area contributed by atoms with Gasteiger partial charge in [0.2, 0.25) is 0 Å². The van der Waals surface area contributed by atoms with E-state index in [1.165, 1.54) is 4.90 Å². The highest BCUT2D eigenvalue weighted by Gasteiger charge is 2.31. The largest absolute Gasteiger partial charge is 0.444 e. The number of carbonyl (C=O) groups is 2. The van der Waals surface area contributed by atoms with Crippen molar-refractivity contribution in [2.24, 2.45) is 0 Å². The van der Waals surface area contributed by atoms with Crippen molar-refractivity contribution < 1.29 is 31.7 Å². The van der Waals surface area contributed by atoms with Gasteiger partial charge in [0, 0.05) is 19.6 Å². The van der Waals surface area contributed by atoms with Crippen LogP contribution in [-0.2, 0) is 30.8 Å². The van der Waals surface area contributed by atoms with Crippen LogP contribution < -0.4 is 9.50 Å². The van der Waals surface area contributed by atoms with Gasteiger partial charge in [0.25, 0.3) is 5.91 Å². The van der Waals surface area contributed by atoms with Gasteiger partial charge in [0.05, 0.1) is 18.9 Å². The summed E-state index contributed by atoms with van der Waals surface area (Å²) in [4.78, 5) is 26.9. The molecule has 0 aromatic heterocycles. The zero-order valence-electron chi connectivity index (χ0n) is 22.0. The molecule has 38 heavy (non-hydrogen) atoms. The second-order valence-corrected chi connectivity index (χ2v) is 11.6. The number of benzene rings is 2. The van der Waals surface area contributed by atoms with Crippen LogP contribution in [0.1, 0.15) is 32.8 Å². The van der Waals surface area contributed by atoms with Crippen LogP contribution in [0.2, 0.25) is 0 Å². The quantitative estimate of drug-likeness (QED) is 0.526. The maximum Gasteiger partial charge on any atom is 0.410 e. The summed E-state index contributed by atoms with van der Waals surface area (Å²) in [5.74, 6) is -0.251. The molecule has 2 amide bonds. The lowest BCUT2D eigenvalue weighted by atomic mass is 10.0. The first kappa shape index (κ1) is 28.9. The lowest BCUT2D eigenvalue weighted by molar-refractivity contribution is -0.133. The summed E-state index contributed by atoms with van der Waals surface area (Å²) < 4.78 is 38.8. The molecule has 2 aromatic rings. The molecule has 0 aliphatic carbocycles. The van der Waals surface area contributed by atoms with E-state index in [-0.39, 0.29) is 18.7 Å². The molecule has 1 unspecified atom stereocenters. The van der Waals surface area contributed by atoms with Crippen molar-refractivity contribution in [3.63, 3.8) is 0 Å². The lowest BCUT2D eigenvalue weighted by Gasteiger charge is -2.27. The summed E-state index contributed by atoms with van der Waals surface area (Å²) >= 11 is 0. The van der Waals surface area contributed by atoms with Crippen molar-refractivity contribution in [3.8, 4) is 22.9 Å². The second-order valence-electron chi connectivity index (χ2n) is 10.0. The standard InChI is InChI=1S/C27H33N3O7S/c1-27(2,3)36-26(32)30-13-6-14-35-24(18-30)25(31)29-22(17-28)15-19-9-11-20(12-10-19)21-7-5-8-23(16-21)37-38(4,33)34/h5,7-12,16,22,24H,6,13-15,18H2,1-4H3,(H,29,31)/t22?,24-/m0/s1. The second kappa shape index (κ2) is 12.3. The minimum absolute atomic E-state index is 0.0374. The van der Waals surface area contributed by atoms with Gasteiger partial charge in [-0.2, -0.15) is 13.7 Å². The molecule has 1 aliphatic heterocycles. The van der Waals surface area contributed by atoms with Gasteiger partial charge in [0.1, 0.15) is 17.4 Å². The molecule has 1 fully saturated rings. The molecule has 1 heterocycles. The van der Waals surface area contributed by atoms with Crippen molar-refractivity contribution in [1.82, 2.24) is 10.2 Å². The summed E-state index contributed by atoms with van der Waals surface area (Å²) in [5, 5.41) is 12.4. The van der Waals surface area contributed by atoms with Gasteiger partial charge in [-0.25, -0.2) is 4.79 Å². The van der Waals surface area contributed by atoms with Gasteiger partial charge in [-0.1, -0.05) is 36.4 Å². The molecule has 0 radical (unpaired) electrons. The Kier molecular flexibility index (Phi) is 9.36. The van der Waals surface area contributed by atoms with Crippen molar-refractivity contribution >= 4 is 22.1 Å². The monoisotopic (exact) mass is 543 g/mol. The maximum atomic E-state index is 12.9. The Balaban J connectivity index is 1.62. The van der Waals surface area contributed by atoms with E-state index in [1.54, 1.807) is 39.0 Å². The Labute approximate surface area is 223 Å². The Morgan fingerprint density at radius 3 is 2.53 bits per heavy atom. The fourth-order valence-electron chi connectivity index (χ4n) is 3.84. The number of hydrogen-bond donors (Lipinski definition) is 1. The molecule has 2 aromatic carbocycles. The minimum atomic E-state index is -3.63. The van der Waals surface area contributed by atoms with E-state index in [2.05, 4.69) is 11.4 Å². The molecule has 0 bridgehead atoms. The molecule has 1 N–H and O–H groups in total. The fourth-order valence-corrected chi connectivity index (χ4v) is 4.29. The Hall–Kier alpha value is -3.62. The summed E-state index contributed by atoms with van der Waals surface area (Å²) in [7, 11) is -3.63. The number of nitrogens with one attached hydrogen (secondary N) is 1. The number of nitrogens with zero attached hydrogens (tertiary/aromatic N) is 2. The first-order valence-electron chi connectivity index (χ1n) is 12.2. The number of amides is 2. The highest BCUT2D eigenvalue weighted by Crippen LogP contribution is 2.25. The van der Waals surface area contributed by atoms with E-state index in [9.17, 15) is 23.3 Å². The summed E-state index contributed by atoms with van der Waals surface area (Å²) in [6.45, 7) is 6.09. The highest BCUT2D eigenvalue weighted by atomic mass is 32.2. The maximum absolute atomic E-state index is 12.9. The zero-order valence-corrected chi connectivity index (χ0v) is 22.8. The molecule has 0 spiro atoms. The number of rotatable bonds is 7. The first-order chi connectivity index (χ1) is 17.8. The molecule has 0 saturated carbocycles. The van der Waals surface area contributed by atoms with Crippen LogP contribution in [0.3, 0.4) is 0 Å². The van der Waals surface area contributed by atoms with Gasteiger partial charge < -0.3 is 23.9 Å². The predicted molar refractivity (Wildman–Crippen MR) is 141 cm³/mol. The van der Waals surface area contributed by atoms with E-state index < -0.39 is 39.9 Å². The first-order valence-corrected chi connectivity index (χ1v) is 14.0. The molecule has 1 saturated heterocycles. The van der Waals surface area contributed by atoms with Gasteiger partial charge in [-0.15, -0.1) is 0 Å². The van der Waals surface area contributed by atoms with E-state index in [1.807, 2.05) is 30.3 Å². The molecule has 11 heteroatoms. The van der Waals surface area contributed by atoms with E-state index in [0.29, 0.717) is 19.6 Å². The Morgan fingerprint density at radius 1 is 1.18 bits per heavy atom. The minimum Gasteiger partial charge on any atom is -0.444 e. The van der Waals surface area contributed by atoms with Crippen molar-refractivity contribution in [3.05, 3.63) is 54.1 Å². The van der Waals surface area contributed by atoms with Crippen LogP contribution in [0.5, 0.6) is 5.75 Å². The number of carbonyl (C=O) groups excluding carboxylic acids is 2. The van der Waals surface area contributed by atoms with Crippen LogP contribution in [0.25, 0.3) is 11.1 Å². The molecular weight excluding hydrogens is 510 g/mol. The zero-order chi connectivity index (χ0) is 27.9. The third-order valence-electron chi connectivity index (χ3n) is 5.50. The molecular formula is C27H33N3O7S. The van der Waals surface area contributed by atoms with E-state index in [4.69, 9.17) is 13.7 Å². The molecule has 3 rings (SSSR count). The van der Waals surface area contributed by atoms with Crippen LogP contribution in [-0.4, -0.2) is 69.0 Å². The number of nitriles is 1. The van der Waals surface area contributed by atoms with Crippen LogP contribution >= 0.6 is 0 Å². The summed E-state index contributed by atoms with van der Waals surface area (Å²) in [6.07, 6.45) is 0.399. The fraction of sp³-hybridized carbons (Fsp3) is 0.444. The van der Waals surface area contributed by atoms with Crippen molar-refractivity contribution in [1.29, 1.82) is 5.26 Å². The number of ether oxygens (including phenoxy) is 2. The summed E-state index contributed by atoms with van der Waals surface area (Å²) in [6, 6.07) is 15.4. The smallest absolute Gasteiger partial charge is 0.410 e. The van der Waals surface area contributed by atoms with Crippen LogP contribution in [0, 0.1) is 11.3 Å². The third kappa shape index (κ3) is 9.04. The summed E-state index contributed by atoms with van der Waals surface area (Å²) in [5.41, 5.74) is 1.76. The Morgan fingerprint density at radius 2 is 1.89 bits per heavy atom. The lowest BCUT2D eigenvalue weighted by Crippen LogP contribution is -2.48. The van der Waals surface area contributed by atoms with Crippen LogP contribution in [0.15, 0.2) is 48.5 Å². The average Bonchev–Trinajstić information content (AvgIpc) is 3.09. The van der Waals surface area contributed by atoms with Gasteiger partial charge in [-0.3, -0.25) is 4.79 Å². The van der Waals surface area contributed by atoms with Gasteiger partial charge in [-0.05, 0) is 56.0 Å². The Bertz CT molecular complexity index is 1280. The topological polar surface area (TPSA) is 135 Å². The molecule has 10 nitrogen and oxygen atoms in total. The highest BCUT2D eigenvalue weighted by molar-refractivity contribution is 7.86. The SMILES string of the molecule is CC(C)(C)OC(=O)N1CCCO[C@H](C(=O)NC(C#N)Cc2ccc(-c3cccc(OS(C)(=O)=O)c3)cc2)C1. The van der Waals surface area contributed by atoms with Crippen LogP contribution in [0.4, 0.5) is 4.79 Å². The van der Waals surface area contributed by atoms with Crippen molar-refractivity contribution in [2.75, 3.05) is 26.0 Å². The van der Waals surface area contributed by atoms with Gasteiger partial charge in [0.15, 0.2) is 6.10 Å². The molecule has 1 aliphatic rings. The number of hydrogen-bond acceptors (Lipinski definition) is 8. The average molecular weight is 544 g/mol. The van der Waals surface area contributed by atoms with Gasteiger partial charge >= 0.3 is 16.2 Å². The third-order valence-corrected chi connectivity index (χ3v) is 6.00.